The summed E-state index contributed by atoms with van der Waals surface area (Å²) >= 11 is 5.13. The normalized spacial score (nSPS) is 16.3. The Labute approximate surface area is 129 Å². The summed E-state index contributed by atoms with van der Waals surface area (Å²) in [5, 5.41) is 2.89. The Hall–Kier alpha value is -1.82. The molecule has 0 saturated heterocycles. The number of rotatable bonds is 5. The van der Waals surface area contributed by atoms with Crippen molar-refractivity contribution in [2.24, 2.45) is 11.1 Å². The van der Waals surface area contributed by atoms with Gasteiger partial charge in [-0.25, -0.2) is 0 Å². The molecule has 1 aliphatic rings. The molecule has 1 fully saturated rings. The number of amides is 1. The van der Waals surface area contributed by atoms with Crippen molar-refractivity contribution in [2.75, 3.05) is 19.5 Å². The summed E-state index contributed by atoms with van der Waals surface area (Å²) in [5.41, 5.74) is 5.68. The first kappa shape index (κ1) is 15.6. The number of carbonyl (C=O) groups is 1. The van der Waals surface area contributed by atoms with Crippen molar-refractivity contribution in [3.63, 3.8) is 0 Å². The zero-order valence-corrected chi connectivity index (χ0v) is 13.1. The molecule has 0 aromatic heterocycles. The van der Waals surface area contributed by atoms with Gasteiger partial charge in [0.1, 0.15) is 11.5 Å². The van der Waals surface area contributed by atoms with Crippen molar-refractivity contribution in [3.8, 4) is 11.5 Å². The first-order valence-corrected chi connectivity index (χ1v) is 7.28. The van der Waals surface area contributed by atoms with Gasteiger partial charge in [-0.05, 0) is 25.0 Å². The van der Waals surface area contributed by atoms with Crippen LogP contribution in [-0.4, -0.2) is 25.1 Å². The first-order valence-electron chi connectivity index (χ1n) is 6.87. The van der Waals surface area contributed by atoms with E-state index in [4.69, 9.17) is 27.4 Å². The number of hydrogen-bond acceptors (Lipinski definition) is 4. The molecule has 0 aliphatic heterocycles. The molecule has 0 atom stereocenters. The monoisotopic (exact) mass is 308 g/mol. The molecule has 5 nitrogen and oxygen atoms in total. The Balaban J connectivity index is 2.25. The summed E-state index contributed by atoms with van der Waals surface area (Å²) in [6.45, 7) is 0. The average Bonchev–Trinajstić information content (AvgIpc) is 2.98. The van der Waals surface area contributed by atoms with Gasteiger partial charge in [-0.3, -0.25) is 4.79 Å². The molecule has 0 heterocycles. The molecule has 6 heteroatoms. The fourth-order valence-corrected chi connectivity index (χ4v) is 3.00. The van der Waals surface area contributed by atoms with Crippen LogP contribution in [-0.2, 0) is 4.79 Å². The highest BCUT2D eigenvalue weighted by Crippen LogP contribution is 2.40. The molecular weight excluding hydrogens is 288 g/mol. The van der Waals surface area contributed by atoms with E-state index in [0.29, 0.717) is 30.0 Å². The highest BCUT2D eigenvalue weighted by atomic mass is 32.1. The number of hydrogen-bond donors (Lipinski definition) is 2. The Kier molecular flexibility index (Phi) is 4.67. The van der Waals surface area contributed by atoms with Gasteiger partial charge in [-0.2, -0.15) is 0 Å². The zero-order valence-electron chi connectivity index (χ0n) is 12.3. The second-order valence-electron chi connectivity index (χ2n) is 5.17. The van der Waals surface area contributed by atoms with Crippen molar-refractivity contribution < 1.29 is 14.3 Å². The van der Waals surface area contributed by atoms with E-state index in [9.17, 15) is 4.79 Å². The van der Waals surface area contributed by atoms with Crippen molar-refractivity contribution in [1.29, 1.82) is 0 Å². The van der Waals surface area contributed by atoms with Gasteiger partial charge in [0.2, 0.25) is 5.91 Å². The van der Waals surface area contributed by atoms with E-state index in [1.54, 1.807) is 32.4 Å². The lowest BCUT2D eigenvalue weighted by molar-refractivity contribution is -0.122. The van der Waals surface area contributed by atoms with Crippen LogP contribution in [0, 0.1) is 5.41 Å². The van der Waals surface area contributed by atoms with Crippen LogP contribution in [0.1, 0.15) is 25.7 Å². The molecule has 0 radical (unpaired) electrons. The predicted molar refractivity (Wildman–Crippen MR) is 85.9 cm³/mol. The van der Waals surface area contributed by atoms with Crippen molar-refractivity contribution in [1.82, 2.24) is 0 Å². The van der Waals surface area contributed by atoms with Crippen LogP contribution in [0.5, 0.6) is 11.5 Å². The molecule has 1 aliphatic carbocycles. The molecule has 1 amide bonds. The van der Waals surface area contributed by atoms with Crippen LogP contribution >= 0.6 is 12.2 Å². The smallest absolute Gasteiger partial charge is 0.237 e. The van der Waals surface area contributed by atoms with E-state index in [-0.39, 0.29) is 10.9 Å². The number of nitrogens with two attached hydrogens (primary N) is 1. The van der Waals surface area contributed by atoms with Crippen molar-refractivity contribution in [2.45, 2.75) is 25.7 Å². The van der Waals surface area contributed by atoms with E-state index in [2.05, 4.69) is 5.32 Å². The number of benzene rings is 1. The largest absolute Gasteiger partial charge is 0.497 e. The Bertz CT molecular complexity index is 554. The first-order chi connectivity index (χ1) is 10.0. The van der Waals surface area contributed by atoms with E-state index < -0.39 is 5.41 Å². The third-order valence-electron chi connectivity index (χ3n) is 4.02. The highest BCUT2D eigenvalue weighted by molar-refractivity contribution is 7.80. The topological polar surface area (TPSA) is 73.6 Å². The maximum Gasteiger partial charge on any atom is 0.237 e. The minimum atomic E-state index is -0.736. The maximum atomic E-state index is 12.6. The Morgan fingerprint density at radius 2 is 1.95 bits per heavy atom. The van der Waals surface area contributed by atoms with Crippen LogP contribution in [0.2, 0.25) is 0 Å². The molecule has 21 heavy (non-hydrogen) atoms. The second kappa shape index (κ2) is 6.30. The molecule has 0 bridgehead atoms. The van der Waals surface area contributed by atoms with Crippen LogP contribution in [0.3, 0.4) is 0 Å². The third-order valence-corrected chi connectivity index (χ3v) is 4.41. The lowest BCUT2D eigenvalue weighted by Gasteiger charge is -2.26. The minimum Gasteiger partial charge on any atom is -0.497 e. The molecule has 1 saturated carbocycles. The van der Waals surface area contributed by atoms with Gasteiger partial charge in [0.15, 0.2) is 0 Å². The van der Waals surface area contributed by atoms with Gasteiger partial charge in [0.25, 0.3) is 0 Å². The van der Waals surface area contributed by atoms with Crippen LogP contribution in [0.15, 0.2) is 18.2 Å². The third kappa shape index (κ3) is 2.95. The summed E-state index contributed by atoms with van der Waals surface area (Å²) in [4.78, 5) is 12.9. The average molecular weight is 308 g/mol. The minimum absolute atomic E-state index is 0.157. The van der Waals surface area contributed by atoms with E-state index in [0.717, 1.165) is 12.8 Å². The van der Waals surface area contributed by atoms with Gasteiger partial charge in [0.05, 0.1) is 30.3 Å². The number of ether oxygens (including phenoxy) is 2. The number of nitrogens with one attached hydrogen (secondary N) is 1. The lowest BCUT2D eigenvalue weighted by Crippen LogP contribution is -2.44. The summed E-state index contributed by atoms with van der Waals surface area (Å²) in [7, 11) is 3.12. The highest BCUT2D eigenvalue weighted by Gasteiger charge is 2.44. The SMILES string of the molecule is COc1ccc(NC(=O)C2(C(N)=S)CCCC2)c(OC)c1. The molecule has 3 N–H and O–H groups in total. The van der Waals surface area contributed by atoms with Gasteiger partial charge in [-0.1, -0.05) is 25.1 Å². The van der Waals surface area contributed by atoms with E-state index >= 15 is 0 Å². The number of methoxy groups -OCH3 is 2. The summed E-state index contributed by atoms with van der Waals surface area (Å²) in [5.74, 6) is 1.05. The summed E-state index contributed by atoms with van der Waals surface area (Å²) < 4.78 is 10.4. The van der Waals surface area contributed by atoms with Crippen LogP contribution < -0.4 is 20.5 Å². The van der Waals surface area contributed by atoms with Crippen LogP contribution in [0.4, 0.5) is 5.69 Å². The van der Waals surface area contributed by atoms with Gasteiger partial charge in [-0.15, -0.1) is 0 Å². The maximum absolute atomic E-state index is 12.6. The Morgan fingerprint density at radius 1 is 1.29 bits per heavy atom. The predicted octanol–water partition coefficient (Wildman–Crippen LogP) is 2.49. The Morgan fingerprint density at radius 3 is 2.48 bits per heavy atom. The van der Waals surface area contributed by atoms with Crippen molar-refractivity contribution in [3.05, 3.63) is 18.2 Å². The second-order valence-corrected chi connectivity index (χ2v) is 5.61. The molecule has 0 unspecified atom stereocenters. The summed E-state index contributed by atoms with van der Waals surface area (Å²) in [6.07, 6.45) is 3.33. The molecule has 0 spiro atoms. The fraction of sp³-hybridized carbons (Fsp3) is 0.467. The van der Waals surface area contributed by atoms with Gasteiger partial charge in [0, 0.05) is 6.07 Å². The van der Waals surface area contributed by atoms with Gasteiger partial charge < -0.3 is 20.5 Å². The fourth-order valence-electron chi connectivity index (χ4n) is 2.71. The van der Waals surface area contributed by atoms with E-state index in [1.807, 2.05) is 0 Å². The quantitative estimate of drug-likeness (QED) is 0.818. The summed E-state index contributed by atoms with van der Waals surface area (Å²) in [6, 6.07) is 5.23. The van der Waals surface area contributed by atoms with Gasteiger partial charge >= 0.3 is 0 Å². The molecule has 114 valence electrons. The van der Waals surface area contributed by atoms with E-state index in [1.165, 1.54) is 0 Å². The number of thiocarbonyl (C=S) groups is 1. The molecule has 1 aromatic rings. The number of anilines is 1. The number of carbonyl (C=O) groups excluding carboxylic acids is 1. The van der Waals surface area contributed by atoms with Crippen LogP contribution in [0.25, 0.3) is 0 Å². The molecular formula is C15H20N2O3S. The zero-order chi connectivity index (χ0) is 15.5. The molecule has 1 aromatic carbocycles. The van der Waals surface area contributed by atoms with Crippen molar-refractivity contribution >= 4 is 28.8 Å². The molecule has 2 rings (SSSR count). The standard InChI is InChI=1S/C15H20N2O3S/c1-19-10-5-6-11(12(9-10)20-2)17-14(18)15(13(16)21)7-3-4-8-15/h5-6,9H,3-4,7-8H2,1-2H3,(H2,16,21)(H,17,18). The lowest BCUT2D eigenvalue weighted by atomic mass is 9.85.